The predicted molar refractivity (Wildman–Crippen MR) is 71.6 cm³/mol. The van der Waals surface area contributed by atoms with Crippen LogP contribution in [0.3, 0.4) is 0 Å². The molecule has 1 aromatic carbocycles. The van der Waals surface area contributed by atoms with Gasteiger partial charge in [-0.05, 0) is 31.2 Å². The van der Waals surface area contributed by atoms with Crippen molar-refractivity contribution in [1.29, 1.82) is 0 Å². The number of carboxylic acids is 1. The van der Waals surface area contributed by atoms with Gasteiger partial charge in [-0.15, -0.1) is 0 Å². The summed E-state index contributed by atoms with van der Waals surface area (Å²) in [6, 6.07) is 3.38. The average molecular weight is 321 g/mol. The maximum atomic E-state index is 12.2. The van der Waals surface area contributed by atoms with E-state index in [1.54, 1.807) is 0 Å². The van der Waals surface area contributed by atoms with Crippen LogP contribution >= 0.6 is 0 Å². The van der Waals surface area contributed by atoms with Gasteiger partial charge in [0.2, 0.25) is 10.0 Å². The Balaban J connectivity index is 3.21. The van der Waals surface area contributed by atoms with Gasteiger partial charge in [-0.2, -0.15) is 4.31 Å². The highest BCUT2D eigenvalue weighted by molar-refractivity contribution is 7.90. The molecule has 0 fully saturated rings. The summed E-state index contributed by atoms with van der Waals surface area (Å²) in [6.45, 7) is 1.24. The van der Waals surface area contributed by atoms with Gasteiger partial charge in [-0.25, -0.2) is 16.8 Å². The van der Waals surface area contributed by atoms with Crippen LogP contribution in [0.5, 0.6) is 0 Å². The second-order valence-electron chi connectivity index (χ2n) is 4.28. The molecule has 0 amide bonds. The normalized spacial score (nSPS) is 14.2. The lowest BCUT2D eigenvalue weighted by atomic mass is 10.4. The third-order valence-electron chi connectivity index (χ3n) is 2.83. The molecule has 7 nitrogen and oxygen atoms in total. The molecule has 0 aliphatic rings. The molecular formula is C11H15NO6S2. The lowest BCUT2D eigenvalue weighted by molar-refractivity contribution is -0.140. The van der Waals surface area contributed by atoms with Crippen LogP contribution in [-0.4, -0.2) is 51.6 Å². The number of hydrogen-bond donors (Lipinski definition) is 1. The summed E-state index contributed by atoms with van der Waals surface area (Å²) in [5.41, 5.74) is 0. The van der Waals surface area contributed by atoms with Crippen molar-refractivity contribution in [1.82, 2.24) is 4.31 Å². The molecule has 112 valence electrons. The van der Waals surface area contributed by atoms with Crippen molar-refractivity contribution in [3.63, 3.8) is 0 Å². The number of nitrogens with zero attached hydrogens (tertiary/aromatic N) is 1. The first-order valence-corrected chi connectivity index (χ1v) is 8.82. The molecule has 1 N–H and O–H groups in total. The minimum absolute atomic E-state index is 0.00890. The van der Waals surface area contributed by atoms with E-state index in [0.29, 0.717) is 4.31 Å². The van der Waals surface area contributed by atoms with Crippen LogP contribution < -0.4 is 0 Å². The third kappa shape index (κ3) is 3.35. The number of carboxylic acid groups (broad SMARTS) is 1. The number of sulfonamides is 1. The SMILES string of the molecule is CC(C(=O)O)N(C)S(=O)(=O)c1ccc(S(C)(=O)=O)cc1. The lowest BCUT2D eigenvalue weighted by Gasteiger charge is -2.21. The highest BCUT2D eigenvalue weighted by Gasteiger charge is 2.29. The number of aliphatic carboxylic acids is 1. The van der Waals surface area contributed by atoms with E-state index in [4.69, 9.17) is 5.11 Å². The number of rotatable bonds is 5. The van der Waals surface area contributed by atoms with Crippen LogP contribution in [0.15, 0.2) is 34.1 Å². The minimum Gasteiger partial charge on any atom is -0.480 e. The third-order valence-corrected chi connectivity index (χ3v) is 5.90. The van der Waals surface area contributed by atoms with Crippen molar-refractivity contribution >= 4 is 25.8 Å². The van der Waals surface area contributed by atoms with Crippen molar-refractivity contribution in [2.24, 2.45) is 0 Å². The molecule has 0 bridgehead atoms. The van der Waals surface area contributed by atoms with Crippen LogP contribution in [0.4, 0.5) is 0 Å². The van der Waals surface area contributed by atoms with Crippen LogP contribution in [0.2, 0.25) is 0 Å². The molecule has 1 atom stereocenters. The van der Waals surface area contributed by atoms with Gasteiger partial charge >= 0.3 is 5.97 Å². The largest absolute Gasteiger partial charge is 0.480 e. The number of benzene rings is 1. The first-order chi connectivity index (χ1) is 8.98. The Kier molecular flexibility index (Phi) is 4.57. The number of carbonyl (C=O) groups is 1. The first-order valence-electron chi connectivity index (χ1n) is 5.49. The Morgan fingerprint density at radius 3 is 1.85 bits per heavy atom. The molecular weight excluding hydrogens is 306 g/mol. The highest BCUT2D eigenvalue weighted by atomic mass is 32.2. The standard InChI is InChI=1S/C11H15NO6S2/c1-8(11(13)14)12(2)20(17,18)10-6-4-9(5-7-10)19(3,15)16/h4-8H,1-3H3,(H,13,14). The minimum atomic E-state index is -3.99. The van der Waals surface area contributed by atoms with E-state index < -0.39 is 31.9 Å². The van der Waals surface area contributed by atoms with Crippen LogP contribution in [0, 0.1) is 0 Å². The fourth-order valence-corrected chi connectivity index (χ4v) is 3.34. The topological polar surface area (TPSA) is 109 Å². The fraction of sp³-hybridized carbons (Fsp3) is 0.364. The van der Waals surface area contributed by atoms with E-state index >= 15 is 0 Å². The summed E-state index contributed by atoms with van der Waals surface area (Å²) in [6.07, 6.45) is 1.01. The highest BCUT2D eigenvalue weighted by Crippen LogP contribution is 2.19. The molecule has 0 aromatic heterocycles. The monoisotopic (exact) mass is 321 g/mol. The Bertz CT molecular complexity index is 706. The average Bonchev–Trinajstić information content (AvgIpc) is 2.35. The van der Waals surface area contributed by atoms with Crippen LogP contribution in [0.25, 0.3) is 0 Å². The molecule has 20 heavy (non-hydrogen) atoms. The zero-order chi connectivity index (χ0) is 15.7. The van der Waals surface area contributed by atoms with Crippen LogP contribution in [0.1, 0.15) is 6.92 Å². The van der Waals surface area contributed by atoms with Crippen molar-refractivity contribution in [2.45, 2.75) is 22.8 Å². The number of hydrogen-bond acceptors (Lipinski definition) is 5. The van der Waals surface area contributed by atoms with Gasteiger partial charge in [0.05, 0.1) is 9.79 Å². The number of likely N-dealkylation sites (N-methyl/N-ethyl adjacent to an activating group) is 1. The Hall–Kier alpha value is -1.45. The summed E-state index contributed by atoms with van der Waals surface area (Å²) in [5, 5.41) is 8.83. The Morgan fingerprint density at radius 1 is 1.10 bits per heavy atom. The molecule has 0 heterocycles. The molecule has 0 aliphatic heterocycles. The van der Waals surface area contributed by atoms with Crippen molar-refractivity contribution in [3.8, 4) is 0 Å². The van der Waals surface area contributed by atoms with E-state index in [0.717, 1.165) is 25.4 Å². The Labute approximate surface area is 117 Å². The molecule has 0 spiro atoms. The van der Waals surface area contributed by atoms with E-state index in [2.05, 4.69) is 0 Å². The number of sulfone groups is 1. The summed E-state index contributed by atoms with van der Waals surface area (Å²) in [4.78, 5) is 10.6. The molecule has 1 unspecified atom stereocenters. The molecule has 9 heteroatoms. The van der Waals surface area contributed by atoms with Gasteiger partial charge in [-0.3, -0.25) is 4.79 Å². The molecule has 1 rings (SSSR count). The summed E-state index contributed by atoms with van der Waals surface area (Å²) in [5.74, 6) is -1.27. The molecule has 0 aliphatic carbocycles. The van der Waals surface area contributed by atoms with Crippen molar-refractivity contribution < 1.29 is 26.7 Å². The summed E-state index contributed by atoms with van der Waals surface area (Å²) < 4.78 is 47.6. The molecule has 1 aromatic rings. The fourth-order valence-electron chi connectivity index (χ4n) is 1.39. The lowest BCUT2D eigenvalue weighted by Crippen LogP contribution is -2.40. The zero-order valence-electron chi connectivity index (χ0n) is 11.1. The predicted octanol–water partition coefficient (Wildman–Crippen LogP) is 0.184. The van der Waals surface area contributed by atoms with Crippen molar-refractivity contribution in [3.05, 3.63) is 24.3 Å². The van der Waals surface area contributed by atoms with E-state index in [9.17, 15) is 21.6 Å². The maximum Gasteiger partial charge on any atom is 0.321 e. The van der Waals surface area contributed by atoms with Gasteiger partial charge in [0.1, 0.15) is 6.04 Å². The molecule has 0 radical (unpaired) electrons. The van der Waals surface area contributed by atoms with Gasteiger partial charge < -0.3 is 5.11 Å². The maximum absolute atomic E-state index is 12.2. The zero-order valence-corrected chi connectivity index (χ0v) is 12.8. The first kappa shape index (κ1) is 16.6. The second-order valence-corrected chi connectivity index (χ2v) is 8.29. The van der Waals surface area contributed by atoms with Gasteiger partial charge in [-0.1, -0.05) is 0 Å². The van der Waals surface area contributed by atoms with Gasteiger partial charge in [0.25, 0.3) is 0 Å². The second kappa shape index (κ2) is 5.51. The Morgan fingerprint density at radius 2 is 1.50 bits per heavy atom. The summed E-state index contributed by atoms with van der Waals surface area (Å²) >= 11 is 0. The van der Waals surface area contributed by atoms with Crippen molar-refractivity contribution in [2.75, 3.05) is 13.3 Å². The molecule has 0 saturated heterocycles. The van der Waals surface area contributed by atoms with Gasteiger partial charge in [0, 0.05) is 13.3 Å². The van der Waals surface area contributed by atoms with E-state index in [1.807, 2.05) is 0 Å². The van der Waals surface area contributed by atoms with Gasteiger partial charge in [0.15, 0.2) is 9.84 Å². The molecule has 0 saturated carbocycles. The quantitative estimate of drug-likeness (QED) is 0.829. The van der Waals surface area contributed by atoms with E-state index in [1.165, 1.54) is 19.1 Å². The summed E-state index contributed by atoms with van der Waals surface area (Å²) in [7, 11) is -6.25. The van der Waals surface area contributed by atoms with E-state index in [-0.39, 0.29) is 9.79 Å². The smallest absolute Gasteiger partial charge is 0.321 e. The van der Waals surface area contributed by atoms with Crippen LogP contribution in [-0.2, 0) is 24.7 Å².